The number of aromatic nitrogens is 1. The predicted molar refractivity (Wildman–Crippen MR) is 65.1 cm³/mol. The van der Waals surface area contributed by atoms with Gasteiger partial charge in [-0.2, -0.15) is 0 Å². The molecule has 0 saturated carbocycles. The zero-order chi connectivity index (χ0) is 12.0. The Hall–Kier alpha value is -0.940. The highest BCUT2D eigenvalue weighted by atomic mass is 35.5. The lowest BCUT2D eigenvalue weighted by atomic mass is 10.2. The van der Waals surface area contributed by atoms with Gasteiger partial charge in [-0.25, -0.2) is 0 Å². The highest BCUT2D eigenvalue weighted by Crippen LogP contribution is 2.12. The number of carbonyl (C=O) groups is 1. The van der Waals surface area contributed by atoms with Crippen LogP contribution in [0.1, 0.15) is 17.3 Å². The molecule has 1 amide bonds. The van der Waals surface area contributed by atoms with Crippen molar-refractivity contribution in [1.82, 2.24) is 10.3 Å². The summed E-state index contributed by atoms with van der Waals surface area (Å²) in [5.41, 5.74) is 0.388. The van der Waals surface area contributed by atoms with Gasteiger partial charge in [0, 0.05) is 41.2 Å². The summed E-state index contributed by atoms with van der Waals surface area (Å²) >= 11 is 5.80. The third kappa shape index (κ3) is 3.90. The van der Waals surface area contributed by atoms with E-state index in [1.54, 1.807) is 6.07 Å². The van der Waals surface area contributed by atoms with E-state index in [1.807, 2.05) is 6.92 Å². The van der Waals surface area contributed by atoms with Gasteiger partial charge < -0.3 is 5.32 Å². The first kappa shape index (κ1) is 13.1. The van der Waals surface area contributed by atoms with E-state index in [2.05, 4.69) is 10.3 Å². The molecule has 88 valence electrons. The molecule has 1 unspecified atom stereocenters. The normalized spacial score (nSPS) is 12.1. The summed E-state index contributed by atoms with van der Waals surface area (Å²) in [6.45, 7) is 2.23. The van der Waals surface area contributed by atoms with Gasteiger partial charge in [0.25, 0.3) is 5.91 Å². The van der Waals surface area contributed by atoms with Gasteiger partial charge in [-0.05, 0) is 6.07 Å². The Morgan fingerprint density at radius 2 is 2.38 bits per heavy atom. The Balaban J connectivity index is 2.47. The highest BCUT2D eigenvalue weighted by Gasteiger charge is 2.09. The van der Waals surface area contributed by atoms with E-state index in [-0.39, 0.29) is 5.91 Å². The molecule has 4 nitrogen and oxygen atoms in total. The third-order valence-electron chi connectivity index (χ3n) is 1.95. The second kappa shape index (κ2) is 6.60. The summed E-state index contributed by atoms with van der Waals surface area (Å²) in [5, 5.41) is 2.98. The fourth-order valence-corrected chi connectivity index (χ4v) is 1.90. The minimum absolute atomic E-state index is 0.263. The molecule has 1 heterocycles. The molecule has 6 heteroatoms. The van der Waals surface area contributed by atoms with Gasteiger partial charge in [0.05, 0.1) is 10.6 Å². The lowest BCUT2D eigenvalue weighted by molar-refractivity contribution is 0.0956. The molecule has 0 aliphatic heterocycles. The zero-order valence-electron chi connectivity index (χ0n) is 8.90. The van der Waals surface area contributed by atoms with Crippen molar-refractivity contribution in [2.75, 3.05) is 18.1 Å². The molecule has 16 heavy (non-hydrogen) atoms. The quantitative estimate of drug-likeness (QED) is 0.866. The summed E-state index contributed by atoms with van der Waals surface area (Å²) in [4.78, 5) is 15.4. The van der Waals surface area contributed by atoms with Crippen LogP contribution in [0.2, 0.25) is 5.02 Å². The first-order valence-electron chi connectivity index (χ1n) is 4.87. The van der Waals surface area contributed by atoms with Crippen LogP contribution in [0.3, 0.4) is 0 Å². The summed E-state index contributed by atoms with van der Waals surface area (Å²) in [7, 11) is -0.865. The fourth-order valence-electron chi connectivity index (χ4n) is 1.08. The fraction of sp³-hybridized carbons (Fsp3) is 0.400. The first-order valence-corrected chi connectivity index (χ1v) is 6.74. The van der Waals surface area contributed by atoms with E-state index < -0.39 is 10.8 Å². The smallest absolute Gasteiger partial charge is 0.252 e. The molecule has 0 saturated heterocycles. The van der Waals surface area contributed by atoms with Crippen molar-refractivity contribution in [1.29, 1.82) is 0 Å². The lowest BCUT2D eigenvalue weighted by Gasteiger charge is -2.05. The second-order valence-corrected chi connectivity index (χ2v) is 5.32. The van der Waals surface area contributed by atoms with Crippen molar-refractivity contribution in [3.8, 4) is 0 Å². The third-order valence-corrected chi connectivity index (χ3v) is 3.56. The SMILES string of the molecule is CCS(=O)CCNC(=O)c1ccncc1Cl. The lowest BCUT2D eigenvalue weighted by Crippen LogP contribution is -2.28. The summed E-state index contributed by atoms with van der Waals surface area (Å²) < 4.78 is 11.1. The van der Waals surface area contributed by atoms with E-state index in [1.165, 1.54) is 12.4 Å². The zero-order valence-corrected chi connectivity index (χ0v) is 10.5. The molecule has 1 aromatic heterocycles. The molecule has 0 spiro atoms. The molecular weight excluding hydrogens is 248 g/mol. The number of nitrogens with zero attached hydrogens (tertiary/aromatic N) is 1. The highest BCUT2D eigenvalue weighted by molar-refractivity contribution is 7.84. The summed E-state index contributed by atoms with van der Waals surface area (Å²) in [6, 6.07) is 1.55. The number of pyridine rings is 1. The number of nitrogens with one attached hydrogen (secondary N) is 1. The van der Waals surface area contributed by atoms with Crippen molar-refractivity contribution in [2.45, 2.75) is 6.92 Å². The standard InChI is InChI=1S/C10H13ClN2O2S/c1-2-16(15)6-5-13-10(14)8-3-4-12-7-9(8)11/h3-4,7H,2,5-6H2,1H3,(H,13,14). The Morgan fingerprint density at radius 1 is 1.62 bits per heavy atom. The molecule has 0 fully saturated rings. The molecule has 0 bridgehead atoms. The topological polar surface area (TPSA) is 59.1 Å². The maximum absolute atomic E-state index is 11.6. The number of amides is 1. The van der Waals surface area contributed by atoms with Gasteiger partial charge >= 0.3 is 0 Å². The Bertz CT molecular complexity index is 398. The average molecular weight is 261 g/mol. The van der Waals surface area contributed by atoms with Crippen molar-refractivity contribution >= 4 is 28.3 Å². The van der Waals surface area contributed by atoms with Crippen LogP contribution in [0.4, 0.5) is 0 Å². The van der Waals surface area contributed by atoms with Gasteiger partial charge in [-0.1, -0.05) is 18.5 Å². The molecule has 1 N–H and O–H groups in total. The van der Waals surface area contributed by atoms with Crippen LogP contribution in [0, 0.1) is 0 Å². The summed E-state index contributed by atoms with van der Waals surface area (Å²) in [5.74, 6) is 0.803. The van der Waals surface area contributed by atoms with Gasteiger partial charge in [-0.3, -0.25) is 14.0 Å². The van der Waals surface area contributed by atoms with E-state index >= 15 is 0 Å². The largest absolute Gasteiger partial charge is 0.351 e. The van der Waals surface area contributed by atoms with E-state index in [0.29, 0.717) is 28.6 Å². The maximum atomic E-state index is 11.6. The van der Waals surface area contributed by atoms with Gasteiger partial charge in [0.2, 0.25) is 0 Å². The van der Waals surface area contributed by atoms with Crippen LogP contribution in [-0.4, -0.2) is 33.2 Å². The maximum Gasteiger partial charge on any atom is 0.252 e. The summed E-state index contributed by atoms with van der Waals surface area (Å²) in [6.07, 6.45) is 2.92. The average Bonchev–Trinajstić information content (AvgIpc) is 2.29. The van der Waals surface area contributed by atoms with Crippen LogP contribution in [0.15, 0.2) is 18.5 Å². The van der Waals surface area contributed by atoms with E-state index in [9.17, 15) is 9.00 Å². The van der Waals surface area contributed by atoms with Crippen LogP contribution in [0.5, 0.6) is 0 Å². The Kier molecular flexibility index (Phi) is 5.42. The van der Waals surface area contributed by atoms with Crippen molar-refractivity contribution < 1.29 is 9.00 Å². The van der Waals surface area contributed by atoms with Gasteiger partial charge in [0.1, 0.15) is 0 Å². The van der Waals surface area contributed by atoms with Gasteiger partial charge in [-0.15, -0.1) is 0 Å². The van der Waals surface area contributed by atoms with Gasteiger partial charge in [0.15, 0.2) is 0 Å². The minimum atomic E-state index is -0.865. The van der Waals surface area contributed by atoms with Crippen LogP contribution >= 0.6 is 11.6 Å². The van der Waals surface area contributed by atoms with E-state index in [0.717, 1.165) is 0 Å². The van der Waals surface area contributed by atoms with E-state index in [4.69, 9.17) is 11.6 Å². The molecule has 1 atom stereocenters. The minimum Gasteiger partial charge on any atom is -0.351 e. The predicted octanol–water partition coefficient (Wildman–Crippen LogP) is 1.23. The molecule has 0 radical (unpaired) electrons. The van der Waals surface area contributed by atoms with Crippen LogP contribution in [-0.2, 0) is 10.8 Å². The van der Waals surface area contributed by atoms with Crippen LogP contribution < -0.4 is 5.32 Å². The van der Waals surface area contributed by atoms with Crippen LogP contribution in [0.25, 0.3) is 0 Å². The molecule has 0 aliphatic rings. The van der Waals surface area contributed by atoms with Crippen molar-refractivity contribution in [3.05, 3.63) is 29.0 Å². The molecule has 1 rings (SSSR count). The number of rotatable bonds is 5. The molecule has 0 aromatic carbocycles. The first-order chi connectivity index (χ1) is 7.65. The number of hydrogen-bond donors (Lipinski definition) is 1. The molecule has 0 aliphatic carbocycles. The van der Waals surface area contributed by atoms with Crippen molar-refractivity contribution in [2.24, 2.45) is 0 Å². The monoisotopic (exact) mass is 260 g/mol. The number of hydrogen-bond acceptors (Lipinski definition) is 3. The Labute approximate surface area is 102 Å². The van der Waals surface area contributed by atoms with Crippen molar-refractivity contribution in [3.63, 3.8) is 0 Å². The number of halogens is 1. The molecular formula is C10H13ClN2O2S. The second-order valence-electron chi connectivity index (χ2n) is 3.04. The number of carbonyl (C=O) groups excluding carboxylic acids is 1. The molecule has 1 aromatic rings. The Morgan fingerprint density at radius 3 is 3.00 bits per heavy atom.